The normalized spacial score (nSPS) is 15.7. The van der Waals surface area contributed by atoms with Gasteiger partial charge in [-0.25, -0.2) is 4.79 Å². The number of methoxy groups -OCH3 is 2. The summed E-state index contributed by atoms with van der Waals surface area (Å²) in [5.41, 5.74) is 0.673. The summed E-state index contributed by atoms with van der Waals surface area (Å²) < 4.78 is 16.1. The molecule has 1 aliphatic heterocycles. The van der Waals surface area contributed by atoms with Gasteiger partial charge in [0, 0.05) is 31.3 Å². The summed E-state index contributed by atoms with van der Waals surface area (Å²) in [5.74, 6) is 2.19. The maximum absolute atomic E-state index is 12.1. The Morgan fingerprint density at radius 3 is 2.46 bits per heavy atom. The molecule has 26 heavy (non-hydrogen) atoms. The number of piperidine rings is 1. The van der Waals surface area contributed by atoms with Crippen LogP contribution in [0.15, 0.2) is 18.2 Å². The van der Waals surface area contributed by atoms with Gasteiger partial charge in [-0.2, -0.15) is 0 Å². The van der Waals surface area contributed by atoms with E-state index in [0.717, 1.165) is 56.1 Å². The van der Waals surface area contributed by atoms with E-state index in [0.29, 0.717) is 5.92 Å². The SMILES string of the molecule is COc1ccc(CNCC2CCN(C(=O)OC(C)(C)C)CC2)c(OC)c1. The zero-order valence-corrected chi connectivity index (χ0v) is 16.6. The molecule has 2 rings (SSSR count). The Kier molecular flexibility index (Phi) is 7.14. The molecular formula is C20H32N2O4. The summed E-state index contributed by atoms with van der Waals surface area (Å²) in [6.07, 6.45) is 1.78. The Hall–Kier alpha value is -1.95. The van der Waals surface area contributed by atoms with Gasteiger partial charge in [0.15, 0.2) is 0 Å². The van der Waals surface area contributed by atoms with E-state index in [-0.39, 0.29) is 6.09 Å². The Bertz CT molecular complexity index is 590. The van der Waals surface area contributed by atoms with Crippen LogP contribution in [0, 0.1) is 5.92 Å². The number of rotatable bonds is 6. The van der Waals surface area contributed by atoms with Crippen molar-refractivity contribution >= 4 is 6.09 Å². The molecule has 0 saturated carbocycles. The van der Waals surface area contributed by atoms with E-state index in [1.165, 1.54) is 0 Å². The van der Waals surface area contributed by atoms with Crippen LogP contribution < -0.4 is 14.8 Å². The first-order chi connectivity index (χ1) is 12.3. The van der Waals surface area contributed by atoms with Gasteiger partial charge >= 0.3 is 6.09 Å². The summed E-state index contributed by atoms with van der Waals surface area (Å²) in [7, 11) is 3.32. The Labute approximate surface area is 156 Å². The zero-order valence-electron chi connectivity index (χ0n) is 16.6. The predicted molar refractivity (Wildman–Crippen MR) is 102 cm³/mol. The summed E-state index contributed by atoms with van der Waals surface area (Å²) in [5, 5.41) is 3.51. The highest BCUT2D eigenvalue weighted by Gasteiger charge is 2.26. The Morgan fingerprint density at radius 1 is 1.19 bits per heavy atom. The number of nitrogens with one attached hydrogen (secondary N) is 1. The molecule has 6 nitrogen and oxygen atoms in total. The summed E-state index contributed by atoms with van der Waals surface area (Å²) in [6, 6.07) is 5.87. The third-order valence-corrected chi connectivity index (χ3v) is 4.51. The average molecular weight is 364 g/mol. The third-order valence-electron chi connectivity index (χ3n) is 4.51. The van der Waals surface area contributed by atoms with Crippen LogP contribution in [0.5, 0.6) is 11.5 Å². The molecule has 1 saturated heterocycles. The fourth-order valence-electron chi connectivity index (χ4n) is 3.06. The first kappa shape index (κ1) is 20.4. The van der Waals surface area contributed by atoms with Gasteiger partial charge < -0.3 is 24.4 Å². The van der Waals surface area contributed by atoms with Gasteiger partial charge in [0.1, 0.15) is 17.1 Å². The predicted octanol–water partition coefficient (Wildman–Crippen LogP) is 3.44. The monoisotopic (exact) mass is 364 g/mol. The molecule has 1 aromatic rings. The highest BCUT2D eigenvalue weighted by molar-refractivity contribution is 5.68. The standard InChI is InChI=1S/C20H32N2O4/c1-20(2,3)26-19(23)22-10-8-15(9-11-22)13-21-14-16-6-7-17(24-4)12-18(16)25-5/h6-7,12,15,21H,8-11,13-14H2,1-5H3. The molecule has 0 bridgehead atoms. The van der Waals surface area contributed by atoms with Gasteiger partial charge in [-0.1, -0.05) is 6.07 Å². The molecule has 0 aliphatic carbocycles. The third kappa shape index (κ3) is 6.09. The number of amides is 1. The minimum Gasteiger partial charge on any atom is -0.497 e. The van der Waals surface area contributed by atoms with Crippen molar-refractivity contribution in [1.82, 2.24) is 10.2 Å². The first-order valence-corrected chi connectivity index (χ1v) is 9.22. The van der Waals surface area contributed by atoms with Crippen LogP contribution in [0.3, 0.4) is 0 Å². The van der Waals surface area contributed by atoms with Crippen LogP contribution in [-0.2, 0) is 11.3 Å². The van der Waals surface area contributed by atoms with Crippen LogP contribution >= 0.6 is 0 Å². The number of hydrogen-bond donors (Lipinski definition) is 1. The fraction of sp³-hybridized carbons (Fsp3) is 0.650. The minimum atomic E-state index is -0.438. The number of hydrogen-bond acceptors (Lipinski definition) is 5. The Morgan fingerprint density at radius 2 is 1.88 bits per heavy atom. The second-order valence-electron chi connectivity index (χ2n) is 7.72. The van der Waals surface area contributed by atoms with Gasteiger partial charge in [0.05, 0.1) is 14.2 Å². The lowest BCUT2D eigenvalue weighted by molar-refractivity contribution is 0.0184. The van der Waals surface area contributed by atoms with E-state index in [1.807, 2.05) is 43.9 Å². The van der Waals surface area contributed by atoms with Crippen molar-refractivity contribution in [1.29, 1.82) is 0 Å². The number of ether oxygens (including phenoxy) is 3. The summed E-state index contributed by atoms with van der Waals surface area (Å²) in [4.78, 5) is 13.9. The highest BCUT2D eigenvalue weighted by atomic mass is 16.6. The van der Waals surface area contributed by atoms with E-state index in [2.05, 4.69) is 5.32 Å². The van der Waals surface area contributed by atoms with Gasteiger partial charge in [-0.05, 0) is 52.1 Å². The number of benzene rings is 1. The number of nitrogens with zero attached hydrogens (tertiary/aromatic N) is 1. The molecule has 1 N–H and O–H groups in total. The van der Waals surface area contributed by atoms with Crippen molar-refractivity contribution in [2.75, 3.05) is 33.9 Å². The van der Waals surface area contributed by atoms with Crippen molar-refractivity contribution in [3.05, 3.63) is 23.8 Å². The molecule has 6 heteroatoms. The number of carbonyl (C=O) groups is 1. The zero-order chi connectivity index (χ0) is 19.2. The molecule has 1 fully saturated rings. The summed E-state index contributed by atoms with van der Waals surface area (Å²) >= 11 is 0. The van der Waals surface area contributed by atoms with E-state index >= 15 is 0 Å². The largest absolute Gasteiger partial charge is 0.497 e. The molecule has 0 unspecified atom stereocenters. The van der Waals surface area contributed by atoms with Crippen molar-refractivity contribution < 1.29 is 19.0 Å². The highest BCUT2D eigenvalue weighted by Crippen LogP contribution is 2.25. The molecule has 1 aliphatic rings. The van der Waals surface area contributed by atoms with Gasteiger partial charge in [0.25, 0.3) is 0 Å². The lowest BCUT2D eigenvalue weighted by Crippen LogP contribution is -2.43. The number of carbonyl (C=O) groups excluding carboxylic acids is 1. The average Bonchev–Trinajstić information content (AvgIpc) is 2.61. The fourth-order valence-corrected chi connectivity index (χ4v) is 3.06. The maximum Gasteiger partial charge on any atom is 0.410 e. The quantitative estimate of drug-likeness (QED) is 0.838. The van der Waals surface area contributed by atoms with E-state index < -0.39 is 5.60 Å². The minimum absolute atomic E-state index is 0.202. The molecule has 0 radical (unpaired) electrons. The molecular weight excluding hydrogens is 332 g/mol. The molecule has 0 aromatic heterocycles. The molecule has 1 aromatic carbocycles. The maximum atomic E-state index is 12.1. The summed E-state index contributed by atoms with van der Waals surface area (Å²) in [6.45, 7) is 8.88. The van der Waals surface area contributed by atoms with Crippen molar-refractivity contribution in [2.45, 2.75) is 45.8 Å². The van der Waals surface area contributed by atoms with Crippen LogP contribution in [0.1, 0.15) is 39.2 Å². The topological polar surface area (TPSA) is 60.0 Å². The second kappa shape index (κ2) is 9.12. The van der Waals surface area contributed by atoms with Gasteiger partial charge in [0.2, 0.25) is 0 Å². The lowest BCUT2D eigenvalue weighted by atomic mass is 9.97. The molecule has 146 valence electrons. The molecule has 1 amide bonds. The molecule has 1 heterocycles. The lowest BCUT2D eigenvalue weighted by Gasteiger charge is -2.33. The number of likely N-dealkylation sites (tertiary alicyclic amines) is 1. The van der Waals surface area contributed by atoms with E-state index in [9.17, 15) is 4.79 Å². The molecule has 0 atom stereocenters. The van der Waals surface area contributed by atoms with Crippen LogP contribution in [0.4, 0.5) is 4.79 Å². The second-order valence-corrected chi connectivity index (χ2v) is 7.72. The Balaban J connectivity index is 1.75. The van der Waals surface area contributed by atoms with Crippen LogP contribution in [-0.4, -0.2) is 50.4 Å². The first-order valence-electron chi connectivity index (χ1n) is 9.22. The molecule has 0 spiro atoms. The van der Waals surface area contributed by atoms with Gasteiger partial charge in [-0.15, -0.1) is 0 Å². The van der Waals surface area contributed by atoms with E-state index in [1.54, 1.807) is 14.2 Å². The van der Waals surface area contributed by atoms with Gasteiger partial charge in [-0.3, -0.25) is 0 Å². The van der Waals surface area contributed by atoms with Crippen molar-refractivity contribution in [3.8, 4) is 11.5 Å². The smallest absolute Gasteiger partial charge is 0.410 e. The van der Waals surface area contributed by atoms with Crippen LogP contribution in [0.25, 0.3) is 0 Å². The van der Waals surface area contributed by atoms with Crippen molar-refractivity contribution in [2.24, 2.45) is 5.92 Å². The van der Waals surface area contributed by atoms with Crippen molar-refractivity contribution in [3.63, 3.8) is 0 Å². The van der Waals surface area contributed by atoms with E-state index in [4.69, 9.17) is 14.2 Å². The van der Waals surface area contributed by atoms with Crippen LogP contribution in [0.2, 0.25) is 0 Å².